The molecule has 126 valence electrons. The number of hydrogen-bond donors (Lipinski definition) is 1. The number of nitrogens with one attached hydrogen (secondary N) is 1. The van der Waals surface area contributed by atoms with Gasteiger partial charge in [-0.25, -0.2) is 4.79 Å². The molecule has 1 unspecified atom stereocenters. The van der Waals surface area contributed by atoms with Gasteiger partial charge in [0.15, 0.2) is 11.5 Å². The molecule has 6 nitrogen and oxygen atoms in total. The van der Waals surface area contributed by atoms with Crippen LogP contribution < -0.4 is 19.7 Å². The summed E-state index contributed by atoms with van der Waals surface area (Å²) in [5.41, 5.74) is 1.12. The molecular weight excluding hydrogens is 294 g/mol. The molecule has 6 heteroatoms. The van der Waals surface area contributed by atoms with Gasteiger partial charge in [-0.1, -0.05) is 6.92 Å². The minimum Gasteiger partial charge on any atom is -0.486 e. The average Bonchev–Trinajstić information content (AvgIpc) is 2.61. The highest BCUT2D eigenvalue weighted by Gasteiger charge is 2.23. The Morgan fingerprint density at radius 2 is 1.87 bits per heavy atom. The van der Waals surface area contributed by atoms with Crippen LogP contribution in [0.5, 0.6) is 11.5 Å². The number of fused-ring (bicyclic) bond motifs is 1. The van der Waals surface area contributed by atoms with Crippen LogP contribution in [0.2, 0.25) is 0 Å². The first-order valence-corrected chi connectivity index (χ1v) is 8.37. The van der Waals surface area contributed by atoms with E-state index >= 15 is 0 Å². The molecular formula is C17H25N3O3. The van der Waals surface area contributed by atoms with Gasteiger partial charge in [-0.15, -0.1) is 0 Å². The normalized spacial score (nSPS) is 18.5. The summed E-state index contributed by atoms with van der Waals surface area (Å²) in [5.74, 6) is 1.62. The SMILES string of the molecule is CCC(C)NC(=O)N1CCN(c2ccc3c(c2)OCCO3)CC1. The maximum Gasteiger partial charge on any atom is 0.317 e. The van der Waals surface area contributed by atoms with Crippen molar-refractivity contribution in [2.24, 2.45) is 0 Å². The van der Waals surface area contributed by atoms with Gasteiger partial charge in [0, 0.05) is 44.0 Å². The highest BCUT2D eigenvalue weighted by Crippen LogP contribution is 2.34. The molecule has 0 spiro atoms. The Morgan fingerprint density at radius 1 is 1.17 bits per heavy atom. The van der Waals surface area contributed by atoms with E-state index in [1.165, 1.54) is 0 Å². The summed E-state index contributed by atoms with van der Waals surface area (Å²) in [7, 11) is 0. The van der Waals surface area contributed by atoms with Gasteiger partial charge in [0.25, 0.3) is 0 Å². The Bertz CT molecular complexity index is 556. The smallest absolute Gasteiger partial charge is 0.317 e. The number of hydrogen-bond acceptors (Lipinski definition) is 4. The first-order chi connectivity index (χ1) is 11.2. The molecule has 3 rings (SSSR count). The van der Waals surface area contributed by atoms with E-state index in [1.807, 2.05) is 24.0 Å². The fraction of sp³-hybridized carbons (Fsp3) is 0.588. The maximum absolute atomic E-state index is 12.2. The van der Waals surface area contributed by atoms with Gasteiger partial charge in [-0.3, -0.25) is 0 Å². The molecule has 1 fully saturated rings. The van der Waals surface area contributed by atoms with E-state index in [4.69, 9.17) is 9.47 Å². The van der Waals surface area contributed by atoms with Gasteiger partial charge in [0.2, 0.25) is 0 Å². The molecule has 1 N–H and O–H groups in total. The zero-order valence-electron chi connectivity index (χ0n) is 13.9. The molecule has 2 amide bonds. The number of urea groups is 1. The molecule has 2 aliphatic heterocycles. The summed E-state index contributed by atoms with van der Waals surface area (Å²) < 4.78 is 11.2. The second kappa shape index (κ2) is 6.98. The minimum absolute atomic E-state index is 0.0428. The molecule has 0 saturated carbocycles. The number of benzene rings is 1. The highest BCUT2D eigenvalue weighted by molar-refractivity contribution is 5.75. The van der Waals surface area contributed by atoms with Crippen molar-refractivity contribution in [3.8, 4) is 11.5 Å². The van der Waals surface area contributed by atoms with E-state index in [1.54, 1.807) is 0 Å². The van der Waals surface area contributed by atoms with Crippen LogP contribution in [0.25, 0.3) is 0 Å². The van der Waals surface area contributed by atoms with Crippen LogP contribution in [0.3, 0.4) is 0 Å². The number of rotatable bonds is 3. The Kier molecular flexibility index (Phi) is 4.79. The van der Waals surface area contributed by atoms with Crippen LogP contribution in [0, 0.1) is 0 Å². The molecule has 0 radical (unpaired) electrons. The van der Waals surface area contributed by atoms with E-state index in [0.717, 1.165) is 49.8 Å². The zero-order chi connectivity index (χ0) is 16.2. The third kappa shape index (κ3) is 3.63. The van der Waals surface area contributed by atoms with E-state index in [-0.39, 0.29) is 12.1 Å². The van der Waals surface area contributed by atoms with E-state index < -0.39 is 0 Å². The van der Waals surface area contributed by atoms with Gasteiger partial charge in [0.1, 0.15) is 13.2 Å². The zero-order valence-corrected chi connectivity index (χ0v) is 13.9. The van der Waals surface area contributed by atoms with Crippen molar-refractivity contribution in [1.29, 1.82) is 0 Å². The van der Waals surface area contributed by atoms with Crippen molar-refractivity contribution in [3.05, 3.63) is 18.2 Å². The first kappa shape index (κ1) is 15.8. The van der Waals surface area contributed by atoms with Crippen LogP contribution >= 0.6 is 0 Å². The van der Waals surface area contributed by atoms with Crippen LogP contribution in [0.1, 0.15) is 20.3 Å². The van der Waals surface area contributed by atoms with Gasteiger partial charge < -0.3 is 24.6 Å². The lowest BCUT2D eigenvalue weighted by Crippen LogP contribution is -2.53. The molecule has 0 aromatic heterocycles. The van der Waals surface area contributed by atoms with Crippen molar-refractivity contribution in [2.75, 3.05) is 44.3 Å². The number of nitrogens with zero attached hydrogens (tertiary/aromatic N) is 2. The number of carbonyl (C=O) groups is 1. The third-order valence-corrected chi connectivity index (χ3v) is 4.44. The van der Waals surface area contributed by atoms with E-state index in [0.29, 0.717) is 13.2 Å². The van der Waals surface area contributed by atoms with E-state index in [9.17, 15) is 4.79 Å². The number of ether oxygens (including phenoxy) is 2. The van der Waals surface area contributed by atoms with E-state index in [2.05, 4.69) is 23.2 Å². The fourth-order valence-electron chi connectivity index (χ4n) is 2.80. The summed E-state index contributed by atoms with van der Waals surface area (Å²) >= 11 is 0. The molecule has 1 saturated heterocycles. The second-order valence-corrected chi connectivity index (χ2v) is 6.06. The number of piperazine rings is 1. The monoisotopic (exact) mass is 319 g/mol. The van der Waals surface area contributed by atoms with Crippen LogP contribution in [0.15, 0.2) is 18.2 Å². The standard InChI is InChI=1S/C17H25N3O3/c1-3-13(2)18-17(21)20-8-6-19(7-9-20)14-4-5-15-16(12-14)23-11-10-22-15/h4-5,12-13H,3,6-11H2,1-2H3,(H,18,21). The van der Waals surface area contributed by atoms with Crippen molar-refractivity contribution in [2.45, 2.75) is 26.3 Å². The minimum atomic E-state index is 0.0428. The molecule has 0 bridgehead atoms. The maximum atomic E-state index is 12.2. The van der Waals surface area contributed by atoms with Crippen LogP contribution in [0.4, 0.5) is 10.5 Å². The predicted molar refractivity (Wildman–Crippen MR) is 89.5 cm³/mol. The average molecular weight is 319 g/mol. The van der Waals surface area contributed by atoms with Gasteiger partial charge in [0.05, 0.1) is 0 Å². The molecule has 1 atom stereocenters. The fourth-order valence-corrected chi connectivity index (χ4v) is 2.80. The molecule has 1 aromatic rings. The van der Waals surface area contributed by atoms with Gasteiger partial charge in [-0.2, -0.15) is 0 Å². The topological polar surface area (TPSA) is 54.0 Å². The number of carbonyl (C=O) groups excluding carboxylic acids is 1. The highest BCUT2D eigenvalue weighted by atomic mass is 16.6. The molecule has 0 aliphatic carbocycles. The van der Waals surface area contributed by atoms with Gasteiger partial charge in [-0.05, 0) is 25.5 Å². The Hall–Kier alpha value is -2.11. The van der Waals surface area contributed by atoms with Crippen molar-refractivity contribution >= 4 is 11.7 Å². The number of anilines is 1. The van der Waals surface area contributed by atoms with Gasteiger partial charge >= 0.3 is 6.03 Å². The Balaban J connectivity index is 1.57. The lowest BCUT2D eigenvalue weighted by atomic mass is 10.2. The largest absolute Gasteiger partial charge is 0.486 e. The summed E-state index contributed by atoms with van der Waals surface area (Å²) in [6, 6.07) is 6.32. The lowest BCUT2D eigenvalue weighted by Gasteiger charge is -2.36. The number of amides is 2. The third-order valence-electron chi connectivity index (χ3n) is 4.44. The summed E-state index contributed by atoms with van der Waals surface area (Å²) in [6.07, 6.45) is 0.947. The second-order valence-electron chi connectivity index (χ2n) is 6.06. The van der Waals surface area contributed by atoms with Crippen molar-refractivity contribution < 1.29 is 14.3 Å². The molecule has 2 heterocycles. The summed E-state index contributed by atoms with van der Waals surface area (Å²) in [4.78, 5) is 16.3. The Labute approximate surface area is 137 Å². The molecule has 2 aliphatic rings. The van der Waals surface area contributed by atoms with Crippen molar-refractivity contribution in [1.82, 2.24) is 10.2 Å². The summed E-state index contributed by atoms with van der Waals surface area (Å²) in [5, 5.41) is 3.03. The lowest BCUT2D eigenvalue weighted by molar-refractivity contribution is 0.171. The molecule has 23 heavy (non-hydrogen) atoms. The quantitative estimate of drug-likeness (QED) is 0.927. The first-order valence-electron chi connectivity index (χ1n) is 8.37. The predicted octanol–water partition coefficient (Wildman–Crippen LogP) is 2.09. The van der Waals surface area contributed by atoms with Crippen LogP contribution in [-0.2, 0) is 0 Å². The summed E-state index contributed by atoms with van der Waals surface area (Å²) in [6.45, 7) is 8.43. The Morgan fingerprint density at radius 3 is 2.57 bits per heavy atom. The molecule has 1 aromatic carbocycles. The van der Waals surface area contributed by atoms with Crippen molar-refractivity contribution in [3.63, 3.8) is 0 Å². The van der Waals surface area contributed by atoms with Crippen LogP contribution in [-0.4, -0.2) is 56.4 Å².